The van der Waals surface area contributed by atoms with Crippen LogP contribution in [0.15, 0.2) is 54.9 Å². The Morgan fingerprint density at radius 3 is 2.55 bits per heavy atom. The summed E-state index contributed by atoms with van der Waals surface area (Å²) in [5.41, 5.74) is 10.2. The van der Waals surface area contributed by atoms with Gasteiger partial charge in [0.1, 0.15) is 0 Å². The monoisotopic (exact) mass is 262 g/mol. The normalized spacial score (nSPS) is 10.4. The van der Waals surface area contributed by atoms with Gasteiger partial charge in [-0.25, -0.2) is 9.97 Å². The van der Waals surface area contributed by atoms with Gasteiger partial charge in [-0.2, -0.15) is 0 Å². The Labute approximate surface area is 117 Å². The molecule has 0 radical (unpaired) electrons. The van der Waals surface area contributed by atoms with E-state index in [0.29, 0.717) is 11.5 Å². The van der Waals surface area contributed by atoms with Crippen molar-refractivity contribution in [1.29, 1.82) is 0 Å². The minimum atomic E-state index is 0.677. The van der Waals surface area contributed by atoms with Crippen LogP contribution in [-0.2, 0) is 0 Å². The summed E-state index contributed by atoms with van der Waals surface area (Å²) in [6.07, 6.45) is 3.54. The molecule has 0 aliphatic rings. The standard InChI is InChI=1S/C16H14N4/c1-11-8-15(13-5-3-7-18-10-13)20-16(19-11)12-4-2-6-14(17)9-12/h2-10H,17H2,1H3. The van der Waals surface area contributed by atoms with E-state index in [1.807, 2.05) is 49.4 Å². The summed E-state index contributed by atoms with van der Waals surface area (Å²) >= 11 is 0. The summed E-state index contributed by atoms with van der Waals surface area (Å²) in [5, 5.41) is 0. The van der Waals surface area contributed by atoms with Gasteiger partial charge in [0.05, 0.1) is 5.69 Å². The Kier molecular flexibility index (Phi) is 3.13. The molecule has 0 bridgehead atoms. The van der Waals surface area contributed by atoms with Crippen LogP contribution in [-0.4, -0.2) is 15.0 Å². The van der Waals surface area contributed by atoms with E-state index in [-0.39, 0.29) is 0 Å². The highest BCUT2D eigenvalue weighted by Gasteiger charge is 2.07. The first kappa shape index (κ1) is 12.3. The third kappa shape index (κ3) is 2.49. The average Bonchev–Trinajstić information content (AvgIpc) is 2.47. The maximum Gasteiger partial charge on any atom is 0.160 e. The van der Waals surface area contributed by atoms with E-state index in [4.69, 9.17) is 5.73 Å². The van der Waals surface area contributed by atoms with E-state index >= 15 is 0 Å². The van der Waals surface area contributed by atoms with Crippen LogP contribution in [0.25, 0.3) is 22.6 Å². The molecular formula is C16H14N4. The lowest BCUT2D eigenvalue weighted by Gasteiger charge is -2.06. The third-order valence-electron chi connectivity index (χ3n) is 2.96. The first-order chi connectivity index (χ1) is 9.72. The molecule has 0 spiro atoms. The van der Waals surface area contributed by atoms with Gasteiger partial charge in [-0.15, -0.1) is 0 Å². The molecule has 2 N–H and O–H groups in total. The molecule has 3 aromatic rings. The van der Waals surface area contributed by atoms with Crippen molar-refractivity contribution in [2.75, 3.05) is 5.73 Å². The van der Waals surface area contributed by atoms with Gasteiger partial charge in [0, 0.05) is 34.9 Å². The van der Waals surface area contributed by atoms with Crippen molar-refractivity contribution in [3.05, 3.63) is 60.6 Å². The second-order valence-electron chi connectivity index (χ2n) is 4.59. The van der Waals surface area contributed by atoms with E-state index in [1.165, 1.54) is 0 Å². The summed E-state index contributed by atoms with van der Waals surface area (Å²) < 4.78 is 0. The van der Waals surface area contributed by atoms with Crippen LogP contribution in [0.4, 0.5) is 5.69 Å². The Hall–Kier alpha value is -2.75. The molecule has 4 nitrogen and oxygen atoms in total. The SMILES string of the molecule is Cc1cc(-c2cccnc2)nc(-c2cccc(N)c2)n1. The molecule has 2 heterocycles. The van der Waals surface area contributed by atoms with Crippen LogP contribution in [0.5, 0.6) is 0 Å². The quantitative estimate of drug-likeness (QED) is 0.721. The van der Waals surface area contributed by atoms with Crippen LogP contribution in [0, 0.1) is 6.92 Å². The molecule has 4 heteroatoms. The minimum Gasteiger partial charge on any atom is -0.399 e. The van der Waals surface area contributed by atoms with E-state index in [2.05, 4.69) is 15.0 Å². The summed E-state index contributed by atoms with van der Waals surface area (Å²) in [6.45, 7) is 1.96. The fourth-order valence-electron chi connectivity index (χ4n) is 2.04. The second-order valence-corrected chi connectivity index (χ2v) is 4.59. The van der Waals surface area contributed by atoms with Crippen molar-refractivity contribution in [1.82, 2.24) is 15.0 Å². The summed E-state index contributed by atoms with van der Waals surface area (Å²) in [6, 6.07) is 13.4. The van der Waals surface area contributed by atoms with Crippen LogP contribution in [0.2, 0.25) is 0 Å². The molecule has 3 rings (SSSR count). The van der Waals surface area contributed by atoms with Crippen molar-refractivity contribution >= 4 is 5.69 Å². The van der Waals surface area contributed by atoms with E-state index < -0.39 is 0 Å². The van der Waals surface area contributed by atoms with Crippen molar-refractivity contribution < 1.29 is 0 Å². The number of pyridine rings is 1. The van der Waals surface area contributed by atoms with Crippen molar-refractivity contribution in [2.45, 2.75) is 6.92 Å². The zero-order valence-corrected chi connectivity index (χ0v) is 11.1. The molecule has 0 saturated heterocycles. The topological polar surface area (TPSA) is 64.7 Å². The van der Waals surface area contributed by atoms with Gasteiger partial charge >= 0.3 is 0 Å². The molecule has 0 saturated carbocycles. The fourth-order valence-corrected chi connectivity index (χ4v) is 2.04. The lowest BCUT2D eigenvalue weighted by Crippen LogP contribution is -1.96. The third-order valence-corrected chi connectivity index (χ3v) is 2.96. The fraction of sp³-hybridized carbons (Fsp3) is 0.0625. The van der Waals surface area contributed by atoms with Gasteiger partial charge in [-0.05, 0) is 37.3 Å². The molecule has 0 unspecified atom stereocenters. The van der Waals surface area contributed by atoms with Gasteiger partial charge in [-0.1, -0.05) is 12.1 Å². The van der Waals surface area contributed by atoms with Crippen molar-refractivity contribution in [3.63, 3.8) is 0 Å². The van der Waals surface area contributed by atoms with Gasteiger partial charge in [0.2, 0.25) is 0 Å². The summed E-state index contributed by atoms with van der Waals surface area (Å²) in [7, 11) is 0. The molecule has 1 aromatic carbocycles. The van der Waals surface area contributed by atoms with Crippen molar-refractivity contribution in [2.24, 2.45) is 0 Å². The molecule has 0 fully saturated rings. The largest absolute Gasteiger partial charge is 0.399 e. The number of anilines is 1. The molecule has 0 aliphatic heterocycles. The van der Waals surface area contributed by atoms with Crippen LogP contribution < -0.4 is 5.73 Å². The number of nitrogen functional groups attached to an aromatic ring is 1. The number of aromatic nitrogens is 3. The molecule has 98 valence electrons. The first-order valence-electron chi connectivity index (χ1n) is 6.34. The average molecular weight is 262 g/mol. The van der Waals surface area contributed by atoms with E-state index in [1.54, 1.807) is 12.4 Å². The number of rotatable bonds is 2. The minimum absolute atomic E-state index is 0.677. The number of hydrogen-bond donors (Lipinski definition) is 1. The Bertz CT molecular complexity index is 738. The second kappa shape index (κ2) is 5.09. The molecule has 0 aliphatic carbocycles. The van der Waals surface area contributed by atoms with E-state index in [9.17, 15) is 0 Å². The molecular weight excluding hydrogens is 248 g/mol. The van der Waals surface area contributed by atoms with Gasteiger partial charge in [0.25, 0.3) is 0 Å². The highest BCUT2D eigenvalue weighted by atomic mass is 14.9. The van der Waals surface area contributed by atoms with Gasteiger partial charge in [0.15, 0.2) is 5.82 Å². The maximum atomic E-state index is 5.82. The van der Waals surface area contributed by atoms with Crippen LogP contribution >= 0.6 is 0 Å². The molecule has 0 atom stereocenters. The maximum absolute atomic E-state index is 5.82. The smallest absolute Gasteiger partial charge is 0.160 e. The van der Waals surface area contributed by atoms with Gasteiger partial charge in [-0.3, -0.25) is 4.98 Å². The Morgan fingerprint density at radius 1 is 0.950 bits per heavy atom. The number of benzene rings is 1. The highest BCUT2D eigenvalue weighted by Crippen LogP contribution is 2.22. The summed E-state index contributed by atoms with van der Waals surface area (Å²) in [4.78, 5) is 13.2. The predicted molar refractivity (Wildman–Crippen MR) is 79.8 cm³/mol. The number of hydrogen-bond acceptors (Lipinski definition) is 4. The Morgan fingerprint density at radius 2 is 1.80 bits per heavy atom. The van der Waals surface area contributed by atoms with E-state index in [0.717, 1.165) is 22.5 Å². The molecule has 20 heavy (non-hydrogen) atoms. The van der Waals surface area contributed by atoms with Gasteiger partial charge < -0.3 is 5.73 Å². The van der Waals surface area contributed by atoms with Crippen LogP contribution in [0.1, 0.15) is 5.69 Å². The number of nitrogens with two attached hydrogens (primary N) is 1. The first-order valence-corrected chi connectivity index (χ1v) is 6.34. The predicted octanol–water partition coefficient (Wildman–Crippen LogP) is 3.10. The number of nitrogens with zero attached hydrogens (tertiary/aromatic N) is 3. The lowest BCUT2D eigenvalue weighted by atomic mass is 10.1. The lowest BCUT2D eigenvalue weighted by molar-refractivity contribution is 1.11. The zero-order chi connectivity index (χ0) is 13.9. The molecule has 2 aromatic heterocycles. The zero-order valence-electron chi connectivity index (χ0n) is 11.1. The number of aryl methyl sites for hydroxylation is 1. The highest BCUT2D eigenvalue weighted by molar-refractivity contribution is 5.65. The summed E-state index contributed by atoms with van der Waals surface area (Å²) in [5.74, 6) is 0.677. The molecule has 0 amide bonds. The van der Waals surface area contributed by atoms with Crippen molar-refractivity contribution in [3.8, 4) is 22.6 Å². The van der Waals surface area contributed by atoms with Crippen LogP contribution in [0.3, 0.4) is 0 Å². The Balaban J connectivity index is 2.12.